The zero-order valence-corrected chi connectivity index (χ0v) is 16.1. The van der Waals surface area contributed by atoms with Crippen molar-refractivity contribution in [1.82, 2.24) is 15.5 Å². The van der Waals surface area contributed by atoms with E-state index in [1.165, 1.54) is 6.92 Å². The molecule has 0 aliphatic rings. The molecule has 3 rings (SSSR count). The summed E-state index contributed by atoms with van der Waals surface area (Å²) < 4.78 is 5.26. The first kappa shape index (κ1) is 19.2. The zero-order chi connectivity index (χ0) is 19.6. The van der Waals surface area contributed by atoms with E-state index in [2.05, 4.69) is 15.5 Å². The largest absolute Gasteiger partial charge is 0.448 e. The standard InChI is InChI=1S/C19H17Cl2N3O3/c1-10(13-8-7-12(20)9-15(13)21)22-18(25)11(2)27-19(26)17-14-5-3-4-6-16(14)23-24-17/h3-11H,1-2H3,(H,22,25)(H,23,24)/t10-,11-/m0/s1. The number of hydrogen-bond donors (Lipinski definition) is 2. The monoisotopic (exact) mass is 405 g/mol. The van der Waals surface area contributed by atoms with Crippen LogP contribution in [0.15, 0.2) is 42.5 Å². The number of hydrogen-bond acceptors (Lipinski definition) is 4. The van der Waals surface area contributed by atoms with Gasteiger partial charge in [-0.15, -0.1) is 0 Å². The van der Waals surface area contributed by atoms with Gasteiger partial charge in [-0.25, -0.2) is 4.79 Å². The summed E-state index contributed by atoms with van der Waals surface area (Å²) in [5.74, 6) is -1.12. The lowest BCUT2D eigenvalue weighted by molar-refractivity contribution is -0.129. The third kappa shape index (κ3) is 4.23. The van der Waals surface area contributed by atoms with Gasteiger partial charge in [0.2, 0.25) is 0 Å². The number of carbonyl (C=O) groups is 2. The van der Waals surface area contributed by atoms with Crippen LogP contribution in [0.1, 0.15) is 35.9 Å². The van der Waals surface area contributed by atoms with Crippen molar-refractivity contribution < 1.29 is 14.3 Å². The van der Waals surface area contributed by atoms with Gasteiger partial charge in [0, 0.05) is 15.4 Å². The highest BCUT2D eigenvalue weighted by Crippen LogP contribution is 2.26. The summed E-state index contributed by atoms with van der Waals surface area (Å²) in [6, 6.07) is 11.8. The Morgan fingerprint density at radius 1 is 1.15 bits per heavy atom. The van der Waals surface area contributed by atoms with E-state index < -0.39 is 18.0 Å². The average Bonchev–Trinajstić information content (AvgIpc) is 3.05. The second-order valence-electron chi connectivity index (χ2n) is 6.06. The van der Waals surface area contributed by atoms with Crippen molar-refractivity contribution in [3.8, 4) is 0 Å². The van der Waals surface area contributed by atoms with Gasteiger partial charge in [-0.2, -0.15) is 5.10 Å². The Morgan fingerprint density at radius 3 is 2.63 bits per heavy atom. The number of halogens is 2. The fraction of sp³-hybridized carbons (Fsp3) is 0.211. The van der Waals surface area contributed by atoms with Gasteiger partial charge >= 0.3 is 5.97 Å². The minimum absolute atomic E-state index is 0.138. The van der Waals surface area contributed by atoms with E-state index in [0.717, 1.165) is 0 Å². The minimum Gasteiger partial charge on any atom is -0.448 e. The molecular formula is C19H17Cl2N3O3. The van der Waals surface area contributed by atoms with Crippen molar-refractivity contribution in [2.45, 2.75) is 26.0 Å². The van der Waals surface area contributed by atoms with Crippen LogP contribution in [0.5, 0.6) is 0 Å². The molecule has 0 unspecified atom stereocenters. The van der Waals surface area contributed by atoms with Crippen LogP contribution in [0.4, 0.5) is 0 Å². The van der Waals surface area contributed by atoms with E-state index in [1.54, 1.807) is 43.3 Å². The predicted octanol–water partition coefficient (Wildman–Crippen LogP) is 4.29. The highest BCUT2D eigenvalue weighted by Gasteiger charge is 2.24. The molecule has 0 saturated heterocycles. The molecule has 0 radical (unpaired) electrons. The number of para-hydroxylation sites is 1. The molecule has 0 fully saturated rings. The minimum atomic E-state index is -0.999. The number of nitrogens with one attached hydrogen (secondary N) is 2. The fourth-order valence-electron chi connectivity index (χ4n) is 2.65. The highest BCUT2D eigenvalue weighted by atomic mass is 35.5. The number of aromatic nitrogens is 2. The molecule has 0 saturated carbocycles. The Bertz CT molecular complexity index is 1000. The quantitative estimate of drug-likeness (QED) is 0.619. The smallest absolute Gasteiger partial charge is 0.360 e. The maximum Gasteiger partial charge on any atom is 0.360 e. The number of nitrogens with zero attached hydrogens (tertiary/aromatic N) is 1. The van der Waals surface area contributed by atoms with Gasteiger partial charge in [-0.1, -0.05) is 47.5 Å². The van der Waals surface area contributed by atoms with Crippen molar-refractivity contribution in [3.05, 3.63) is 63.8 Å². The number of benzene rings is 2. The molecule has 1 amide bonds. The lowest BCUT2D eigenvalue weighted by Crippen LogP contribution is -2.37. The molecule has 0 aliphatic carbocycles. The summed E-state index contributed by atoms with van der Waals surface area (Å²) in [6.07, 6.45) is -0.999. The Kier molecular flexibility index (Phi) is 5.68. The maximum absolute atomic E-state index is 12.4. The van der Waals surface area contributed by atoms with E-state index in [-0.39, 0.29) is 11.7 Å². The van der Waals surface area contributed by atoms with Crippen molar-refractivity contribution >= 4 is 46.0 Å². The molecule has 27 heavy (non-hydrogen) atoms. The normalized spacial score (nSPS) is 13.2. The Labute approximate surface area is 165 Å². The summed E-state index contributed by atoms with van der Waals surface area (Å²) in [4.78, 5) is 24.7. The average molecular weight is 406 g/mol. The van der Waals surface area contributed by atoms with Crippen molar-refractivity contribution in [3.63, 3.8) is 0 Å². The predicted molar refractivity (Wildman–Crippen MR) is 104 cm³/mol. The molecule has 140 valence electrons. The topological polar surface area (TPSA) is 84.1 Å². The first-order valence-electron chi connectivity index (χ1n) is 8.26. The van der Waals surface area contributed by atoms with Crippen molar-refractivity contribution in [2.75, 3.05) is 0 Å². The molecule has 1 heterocycles. The first-order chi connectivity index (χ1) is 12.9. The Morgan fingerprint density at radius 2 is 1.89 bits per heavy atom. The van der Waals surface area contributed by atoms with E-state index in [9.17, 15) is 9.59 Å². The molecular weight excluding hydrogens is 389 g/mol. The fourth-order valence-corrected chi connectivity index (χ4v) is 3.22. The van der Waals surface area contributed by atoms with Crippen LogP contribution < -0.4 is 5.32 Å². The number of amides is 1. The number of rotatable bonds is 5. The molecule has 2 N–H and O–H groups in total. The van der Waals surface area contributed by atoms with Crippen molar-refractivity contribution in [2.24, 2.45) is 0 Å². The number of fused-ring (bicyclic) bond motifs is 1. The molecule has 8 heteroatoms. The van der Waals surface area contributed by atoms with Gasteiger partial charge < -0.3 is 10.1 Å². The van der Waals surface area contributed by atoms with Gasteiger partial charge in [0.25, 0.3) is 5.91 Å². The van der Waals surface area contributed by atoms with E-state index in [1.807, 2.05) is 6.07 Å². The van der Waals surface area contributed by atoms with E-state index >= 15 is 0 Å². The molecule has 0 bridgehead atoms. The number of aromatic amines is 1. The van der Waals surface area contributed by atoms with Gasteiger partial charge in [0.05, 0.1) is 11.6 Å². The van der Waals surface area contributed by atoms with Crippen LogP contribution in [0.25, 0.3) is 10.9 Å². The molecule has 6 nitrogen and oxygen atoms in total. The van der Waals surface area contributed by atoms with E-state index in [0.29, 0.717) is 26.5 Å². The lowest BCUT2D eigenvalue weighted by atomic mass is 10.1. The number of carbonyl (C=O) groups excluding carboxylic acids is 2. The summed E-state index contributed by atoms with van der Waals surface area (Å²) >= 11 is 12.0. The van der Waals surface area contributed by atoms with Crippen molar-refractivity contribution in [1.29, 1.82) is 0 Å². The molecule has 3 aromatic rings. The van der Waals surface area contributed by atoms with Gasteiger partial charge in [-0.05, 0) is 37.6 Å². The third-order valence-corrected chi connectivity index (χ3v) is 4.67. The van der Waals surface area contributed by atoms with Crippen LogP contribution in [0.3, 0.4) is 0 Å². The molecule has 2 aromatic carbocycles. The zero-order valence-electron chi connectivity index (χ0n) is 14.6. The summed E-state index contributed by atoms with van der Waals surface area (Å²) in [5, 5.41) is 11.1. The summed E-state index contributed by atoms with van der Waals surface area (Å²) in [5.41, 5.74) is 1.57. The number of esters is 1. The van der Waals surface area contributed by atoms with Crippen LogP contribution in [-0.4, -0.2) is 28.2 Å². The number of H-pyrrole nitrogens is 1. The summed E-state index contributed by atoms with van der Waals surface area (Å²) in [7, 11) is 0. The van der Waals surface area contributed by atoms with Gasteiger partial charge in [-0.3, -0.25) is 9.89 Å². The van der Waals surface area contributed by atoms with Gasteiger partial charge in [0.15, 0.2) is 11.8 Å². The van der Waals surface area contributed by atoms with Crippen LogP contribution in [0.2, 0.25) is 10.0 Å². The third-order valence-electron chi connectivity index (χ3n) is 4.10. The Balaban J connectivity index is 1.65. The first-order valence-corrected chi connectivity index (χ1v) is 9.02. The van der Waals surface area contributed by atoms with Crippen LogP contribution in [-0.2, 0) is 9.53 Å². The molecule has 0 spiro atoms. The van der Waals surface area contributed by atoms with E-state index in [4.69, 9.17) is 27.9 Å². The second-order valence-corrected chi connectivity index (χ2v) is 6.91. The highest BCUT2D eigenvalue weighted by molar-refractivity contribution is 6.35. The maximum atomic E-state index is 12.4. The van der Waals surface area contributed by atoms with Crippen LogP contribution >= 0.6 is 23.2 Å². The second kappa shape index (κ2) is 7.98. The molecule has 1 aromatic heterocycles. The molecule has 0 aliphatic heterocycles. The summed E-state index contributed by atoms with van der Waals surface area (Å²) in [6.45, 7) is 3.28. The molecule has 2 atom stereocenters. The SMILES string of the molecule is C[C@H](OC(=O)c1n[nH]c2ccccc12)C(=O)N[C@@H](C)c1ccc(Cl)cc1Cl. The van der Waals surface area contributed by atoms with Gasteiger partial charge in [0.1, 0.15) is 0 Å². The lowest BCUT2D eigenvalue weighted by Gasteiger charge is -2.19. The number of ether oxygens (including phenoxy) is 1. The van der Waals surface area contributed by atoms with Crippen LogP contribution in [0, 0.1) is 0 Å². The Hall–Kier alpha value is -2.57.